The van der Waals surface area contributed by atoms with Crippen LogP contribution in [0.4, 0.5) is 4.39 Å². The van der Waals surface area contributed by atoms with Crippen molar-refractivity contribution in [3.8, 4) is 11.5 Å². The number of aromatic nitrogens is 1. The van der Waals surface area contributed by atoms with Gasteiger partial charge in [0.05, 0.1) is 5.69 Å². The molecule has 6 heteroatoms. The molecule has 0 aliphatic carbocycles. The Morgan fingerprint density at radius 1 is 1.39 bits per heavy atom. The Bertz CT molecular complexity index is 615. The average Bonchev–Trinajstić information content (AvgIpc) is 2.96. The van der Waals surface area contributed by atoms with Crippen LogP contribution in [0.25, 0.3) is 11.5 Å². The molecule has 4 nitrogen and oxygen atoms in total. The van der Waals surface area contributed by atoms with Crippen LogP contribution in [0.2, 0.25) is 0 Å². The van der Waals surface area contributed by atoms with Gasteiger partial charge in [0.15, 0.2) is 0 Å². The van der Waals surface area contributed by atoms with Crippen LogP contribution in [-0.4, -0.2) is 29.0 Å². The SMILES string of the molecule is CC(N)C1CCCN(Cc2coc(-c3ccc(F)cc3)n2)C1.Cl. The van der Waals surface area contributed by atoms with Gasteiger partial charge in [-0.3, -0.25) is 4.90 Å². The van der Waals surface area contributed by atoms with E-state index < -0.39 is 0 Å². The Labute approximate surface area is 142 Å². The molecule has 0 amide bonds. The monoisotopic (exact) mass is 339 g/mol. The van der Waals surface area contributed by atoms with E-state index in [4.69, 9.17) is 10.2 Å². The molecule has 2 heterocycles. The summed E-state index contributed by atoms with van der Waals surface area (Å²) in [6.45, 7) is 4.93. The van der Waals surface area contributed by atoms with Gasteiger partial charge in [0.2, 0.25) is 5.89 Å². The summed E-state index contributed by atoms with van der Waals surface area (Å²) in [5.74, 6) is 0.832. The van der Waals surface area contributed by atoms with Gasteiger partial charge in [-0.25, -0.2) is 9.37 Å². The van der Waals surface area contributed by atoms with Gasteiger partial charge in [0, 0.05) is 24.7 Å². The molecule has 126 valence electrons. The summed E-state index contributed by atoms with van der Waals surface area (Å²) in [5.41, 5.74) is 7.72. The van der Waals surface area contributed by atoms with Gasteiger partial charge in [0.1, 0.15) is 12.1 Å². The molecule has 1 aromatic heterocycles. The second-order valence-corrected chi connectivity index (χ2v) is 6.15. The maximum Gasteiger partial charge on any atom is 0.226 e. The van der Waals surface area contributed by atoms with Crippen LogP contribution >= 0.6 is 12.4 Å². The topological polar surface area (TPSA) is 55.3 Å². The van der Waals surface area contributed by atoms with E-state index in [1.54, 1.807) is 18.4 Å². The number of likely N-dealkylation sites (tertiary alicyclic amines) is 1. The lowest BCUT2D eigenvalue weighted by atomic mass is 9.92. The summed E-state index contributed by atoms with van der Waals surface area (Å²) < 4.78 is 18.5. The fraction of sp³-hybridized carbons (Fsp3) is 0.471. The maximum absolute atomic E-state index is 13.0. The Balaban J connectivity index is 0.00000192. The number of nitrogens with two attached hydrogens (primary N) is 1. The van der Waals surface area contributed by atoms with Gasteiger partial charge in [-0.05, 0) is 56.5 Å². The molecular formula is C17H23ClFN3O. The smallest absolute Gasteiger partial charge is 0.226 e. The van der Waals surface area contributed by atoms with Crippen molar-refractivity contribution in [1.82, 2.24) is 9.88 Å². The van der Waals surface area contributed by atoms with Crippen molar-refractivity contribution in [3.63, 3.8) is 0 Å². The Hall–Kier alpha value is -1.43. The van der Waals surface area contributed by atoms with Crippen LogP contribution in [0.3, 0.4) is 0 Å². The third kappa shape index (κ3) is 4.53. The molecule has 1 aliphatic rings. The normalized spacial score (nSPS) is 20.0. The zero-order valence-corrected chi connectivity index (χ0v) is 14.1. The van der Waals surface area contributed by atoms with Gasteiger partial charge in [0.25, 0.3) is 0 Å². The van der Waals surface area contributed by atoms with E-state index >= 15 is 0 Å². The molecule has 3 rings (SSSR count). The highest BCUT2D eigenvalue weighted by Crippen LogP contribution is 2.22. The van der Waals surface area contributed by atoms with Crippen LogP contribution in [0, 0.1) is 11.7 Å². The highest BCUT2D eigenvalue weighted by atomic mass is 35.5. The molecule has 1 aliphatic heterocycles. The minimum Gasteiger partial charge on any atom is -0.444 e. The van der Waals surface area contributed by atoms with Gasteiger partial charge >= 0.3 is 0 Å². The van der Waals surface area contributed by atoms with E-state index in [0.717, 1.165) is 30.9 Å². The number of hydrogen-bond donors (Lipinski definition) is 1. The first-order valence-electron chi connectivity index (χ1n) is 7.80. The average molecular weight is 340 g/mol. The first-order valence-corrected chi connectivity index (χ1v) is 7.80. The number of oxazole rings is 1. The van der Waals surface area contributed by atoms with Crippen molar-refractivity contribution >= 4 is 12.4 Å². The van der Waals surface area contributed by atoms with Crippen molar-refractivity contribution in [2.24, 2.45) is 11.7 Å². The third-order valence-corrected chi connectivity index (χ3v) is 4.31. The van der Waals surface area contributed by atoms with E-state index in [1.165, 1.54) is 25.0 Å². The molecule has 2 N–H and O–H groups in total. The van der Waals surface area contributed by atoms with E-state index in [0.29, 0.717) is 11.8 Å². The largest absolute Gasteiger partial charge is 0.444 e. The lowest BCUT2D eigenvalue weighted by molar-refractivity contribution is 0.153. The number of benzene rings is 1. The Morgan fingerprint density at radius 2 is 2.13 bits per heavy atom. The summed E-state index contributed by atoms with van der Waals surface area (Å²) in [7, 11) is 0. The standard InChI is InChI=1S/C17H22FN3O.ClH/c1-12(19)14-3-2-8-21(9-14)10-16-11-22-17(20-16)13-4-6-15(18)7-5-13;/h4-7,11-12,14H,2-3,8-10,19H2,1H3;1H. The van der Waals surface area contributed by atoms with Crippen molar-refractivity contribution in [2.45, 2.75) is 32.4 Å². The number of piperidine rings is 1. The Morgan fingerprint density at radius 3 is 2.83 bits per heavy atom. The van der Waals surface area contributed by atoms with Crippen molar-refractivity contribution < 1.29 is 8.81 Å². The van der Waals surface area contributed by atoms with Crippen molar-refractivity contribution in [3.05, 3.63) is 42.0 Å². The van der Waals surface area contributed by atoms with Crippen LogP contribution < -0.4 is 5.73 Å². The zero-order chi connectivity index (χ0) is 15.5. The van der Waals surface area contributed by atoms with Crippen LogP contribution in [-0.2, 0) is 6.54 Å². The second-order valence-electron chi connectivity index (χ2n) is 6.15. The van der Waals surface area contributed by atoms with Gasteiger partial charge in [-0.1, -0.05) is 0 Å². The lowest BCUT2D eigenvalue weighted by Gasteiger charge is -2.34. The summed E-state index contributed by atoms with van der Waals surface area (Å²) in [4.78, 5) is 6.89. The van der Waals surface area contributed by atoms with E-state index in [-0.39, 0.29) is 24.3 Å². The first-order chi connectivity index (χ1) is 10.6. The van der Waals surface area contributed by atoms with Gasteiger partial charge < -0.3 is 10.2 Å². The highest BCUT2D eigenvalue weighted by Gasteiger charge is 2.23. The molecule has 1 saturated heterocycles. The summed E-state index contributed by atoms with van der Waals surface area (Å²) >= 11 is 0. The van der Waals surface area contributed by atoms with Crippen LogP contribution in [0.1, 0.15) is 25.5 Å². The predicted octanol–water partition coefficient (Wildman–Crippen LogP) is 3.46. The lowest BCUT2D eigenvalue weighted by Crippen LogP contribution is -2.41. The molecule has 2 unspecified atom stereocenters. The minimum absolute atomic E-state index is 0. The van der Waals surface area contributed by atoms with E-state index in [2.05, 4.69) is 16.8 Å². The predicted molar refractivity (Wildman–Crippen MR) is 90.8 cm³/mol. The molecule has 2 atom stereocenters. The molecule has 1 aromatic carbocycles. The molecule has 2 aromatic rings. The molecule has 0 bridgehead atoms. The van der Waals surface area contributed by atoms with Gasteiger partial charge in [-0.15, -0.1) is 12.4 Å². The fourth-order valence-electron chi connectivity index (χ4n) is 3.00. The zero-order valence-electron chi connectivity index (χ0n) is 13.2. The van der Waals surface area contributed by atoms with Gasteiger partial charge in [-0.2, -0.15) is 0 Å². The molecular weight excluding hydrogens is 317 g/mol. The van der Waals surface area contributed by atoms with E-state index in [9.17, 15) is 4.39 Å². The summed E-state index contributed by atoms with van der Waals surface area (Å²) in [6, 6.07) is 6.42. The minimum atomic E-state index is -0.259. The number of nitrogens with zero attached hydrogens (tertiary/aromatic N) is 2. The van der Waals surface area contributed by atoms with Crippen LogP contribution in [0.15, 0.2) is 34.9 Å². The molecule has 0 saturated carbocycles. The molecule has 1 fully saturated rings. The molecule has 0 radical (unpaired) electrons. The summed E-state index contributed by atoms with van der Waals surface area (Å²) in [5, 5.41) is 0. The second kappa shape index (κ2) is 7.90. The number of rotatable bonds is 4. The molecule has 23 heavy (non-hydrogen) atoms. The van der Waals surface area contributed by atoms with Crippen LogP contribution in [0.5, 0.6) is 0 Å². The fourth-order valence-corrected chi connectivity index (χ4v) is 3.00. The third-order valence-electron chi connectivity index (χ3n) is 4.31. The number of hydrogen-bond acceptors (Lipinski definition) is 4. The molecule has 0 spiro atoms. The highest BCUT2D eigenvalue weighted by molar-refractivity contribution is 5.85. The van der Waals surface area contributed by atoms with Crippen molar-refractivity contribution in [1.29, 1.82) is 0 Å². The first kappa shape index (κ1) is 17.9. The van der Waals surface area contributed by atoms with Crippen molar-refractivity contribution in [2.75, 3.05) is 13.1 Å². The quantitative estimate of drug-likeness (QED) is 0.926. The summed E-state index contributed by atoms with van der Waals surface area (Å²) in [6.07, 6.45) is 4.07. The van der Waals surface area contributed by atoms with E-state index in [1.807, 2.05) is 0 Å². The maximum atomic E-state index is 13.0. The number of halogens is 2. The Kier molecular flexibility index (Phi) is 6.16.